The molecule has 2 aromatic heterocycles. The number of nitrogens with one attached hydrogen (secondary N) is 2. The highest BCUT2D eigenvalue weighted by molar-refractivity contribution is 5.93. The monoisotopic (exact) mass is 588 g/mol. The Balaban J connectivity index is 1.19. The summed E-state index contributed by atoms with van der Waals surface area (Å²) in [6, 6.07) is 3.46. The molecule has 3 aromatic rings. The Morgan fingerprint density at radius 3 is 2.70 bits per heavy atom. The fourth-order valence-electron chi connectivity index (χ4n) is 5.75. The molecular formula is C31H40N8O4. The molecule has 12 heteroatoms. The van der Waals surface area contributed by atoms with Gasteiger partial charge in [0.1, 0.15) is 17.0 Å². The minimum atomic E-state index is -0.0749. The van der Waals surface area contributed by atoms with Crippen LogP contribution in [0.5, 0.6) is 11.5 Å². The zero-order valence-electron chi connectivity index (χ0n) is 24.8. The van der Waals surface area contributed by atoms with Crippen LogP contribution >= 0.6 is 0 Å². The van der Waals surface area contributed by atoms with E-state index in [4.69, 9.17) is 10.5 Å². The number of aromatic nitrogens is 4. The van der Waals surface area contributed by atoms with Gasteiger partial charge in [-0.1, -0.05) is 19.9 Å². The molecule has 1 aromatic carbocycles. The summed E-state index contributed by atoms with van der Waals surface area (Å²) < 4.78 is 7.29. The molecule has 43 heavy (non-hydrogen) atoms. The number of carbonyl (C=O) groups is 2. The average molecular weight is 589 g/mol. The number of phenols is 1. The summed E-state index contributed by atoms with van der Waals surface area (Å²) >= 11 is 0. The lowest BCUT2D eigenvalue weighted by Gasteiger charge is -2.31. The van der Waals surface area contributed by atoms with E-state index in [1.54, 1.807) is 41.1 Å². The number of hydrogen-bond donors (Lipinski definition) is 4. The van der Waals surface area contributed by atoms with Crippen molar-refractivity contribution in [2.24, 2.45) is 11.8 Å². The van der Waals surface area contributed by atoms with Gasteiger partial charge in [-0.2, -0.15) is 10.1 Å². The number of anilines is 2. The summed E-state index contributed by atoms with van der Waals surface area (Å²) in [6.07, 6.45) is 10.4. The third-order valence-corrected chi connectivity index (χ3v) is 8.19. The van der Waals surface area contributed by atoms with Crippen LogP contribution in [0.2, 0.25) is 0 Å². The maximum atomic E-state index is 13.0. The number of nitrogen functional groups attached to an aromatic ring is 1. The quantitative estimate of drug-likeness (QED) is 0.231. The minimum absolute atomic E-state index is 0.00345. The molecule has 2 aliphatic rings. The summed E-state index contributed by atoms with van der Waals surface area (Å²) in [7, 11) is 1.54. The number of ether oxygens (including phenoxy) is 1. The number of methoxy groups -OCH3 is 1. The van der Waals surface area contributed by atoms with E-state index in [-0.39, 0.29) is 42.5 Å². The van der Waals surface area contributed by atoms with Crippen molar-refractivity contribution < 1.29 is 19.4 Å². The van der Waals surface area contributed by atoms with Crippen molar-refractivity contribution in [1.82, 2.24) is 30.0 Å². The van der Waals surface area contributed by atoms with Crippen LogP contribution in [0.4, 0.5) is 11.8 Å². The predicted molar refractivity (Wildman–Crippen MR) is 164 cm³/mol. The highest BCUT2D eigenvalue weighted by Crippen LogP contribution is 2.33. The lowest BCUT2D eigenvalue weighted by atomic mass is 9.81. The normalized spacial score (nSPS) is 18.4. The average Bonchev–Trinajstić information content (AvgIpc) is 3.55. The number of phenolic OH excluding ortho intramolecular Hbond substituents is 1. The van der Waals surface area contributed by atoms with Crippen LogP contribution in [-0.2, 0) is 22.7 Å². The summed E-state index contributed by atoms with van der Waals surface area (Å²) in [4.78, 5) is 35.3. The molecule has 5 rings (SSSR count). The largest absolute Gasteiger partial charge is 0.507 e. The molecule has 0 bridgehead atoms. The number of hydrogen-bond acceptors (Lipinski definition) is 9. The van der Waals surface area contributed by atoms with E-state index in [1.165, 1.54) is 0 Å². The number of rotatable bonds is 12. The molecule has 2 amide bonds. The van der Waals surface area contributed by atoms with Crippen molar-refractivity contribution in [3.63, 3.8) is 0 Å². The lowest BCUT2D eigenvalue weighted by molar-refractivity contribution is -0.127. The lowest BCUT2D eigenvalue weighted by Crippen LogP contribution is -2.36. The van der Waals surface area contributed by atoms with Gasteiger partial charge in [-0.25, -0.2) is 4.98 Å². The molecule has 228 valence electrons. The summed E-state index contributed by atoms with van der Waals surface area (Å²) in [6.45, 7) is 7.95. The highest BCUT2D eigenvalue weighted by Gasteiger charge is 2.29. The summed E-state index contributed by atoms with van der Waals surface area (Å²) in [5.41, 5.74) is 9.13. The van der Waals surface area contributed by atoms with E-state index in [9.17, 15) is 14.7 Å². The fourth-order valence-corrected chi connectivity index (χ4v) is 5.75. The van der Waals surface area contributed by atoms with Gasteiger partial charge < -0.3 is 31.1 Å². The van der Waals surface area contributed by atoms with Gasteiger partial charge in [0.05, 0.1) is 25.4 Å². The van der Waals surface area contributed by atoms with E-state index < -0.39 is 0 Å². The molecule has 0 saturated heterocycles. The van der Waals surface area contributed by atoms with Crippen molar-refractivity contribution in [2.45, 2.75) is 58.5 Å². The van der Waals surface area contributed by atoms with Crippen molar-refractivity contribution in [3.8, 4) is 11.5 Å². The number of fused-ring (bicyclic) bond motifs is 1. The zero-order valence-corrected chi connectivity index (χ0v) is 24.8. The standard InChI is InChI=1S/C31H40N8O4/c1-4-5-12-33-29-28-24(35-31(32)36-29)18-38(37-28)17-23-25(40)13-21(14-26(23)43-3)15-34-30(42)22-9-7-20(8-10-22)16-39-19(2)6-11-27(39)41/h6,11,13-14,18,20,22,40H,2,4-5,7-10,12,15-17H2,1,3H3,(H,34,42)(H3,32,33,35,36). The van der Waals surface area contributed by atoms with Crippen LogP contribution in [0.3, 0.4) is 0 Å². The highest BCUT2D eigenvalue weighted by atomic mass is 16.5. The Hall–Kier alpha value is -4.61. The third-order valence-electron chi connectivity index (χ3n) is 8.19. The van der Waals surface area contributed by atoms with E-state index in [0.29, 0.717) is 40.6 Å². The molecule has 1 aliphatic carbocycles. The van der Waals surface area contributed by atoms with Gasteiger partial charge in [0.2, 0.25) is 11.9 Å². The first kappa shape index (κ1) is 29.9. The molecule has 12 nitrogen and oxygen atoms in total. The number of aromatic hydroxyl groups is 1. The molecule has 0 atom stereocenters. The first-order valence-electron chi connectivity index (χ1n) is 14.8. The van der Waals surface area contributed by atoms with Gasteiger partial charge in [0.15, 0.2) is 11.3 Å². The second-order valence-electron chi connectivity index (χ2n) is 11.3. The summed E-state index contributed by atoms with van der Waals surface area (Å²) in [5.74, 6) is 1.54. The molecule has 1 saturated carbocycles. The van der Waals surface area contributed by atoms with Crippen molar-refractivity contribution in [3.05, 3.63) is 53.9 Å². The predicted octanol–water partition coefficient (Wildman–Crippen LogP) is 3.72. The Kier molecular flexibility index (Phi) is 9.13. The van der Waals surface area contributed by atoms with Gasteiger partial charge in [-0.3, -0.25) is 14.3 Å². The van der Waals surface area contributed by atoms with Crippen LogP contribution in [0.25, 0.3) is 11.0 Å². The zero-order chi connectivity index (χ0) is 30.5. The van der Waals surface area contributed by atoms with Crippen LogP contribution < -0.4 is 21.1 Å². The molecule has 1 fully saturated rings. The Labute approximate surface area is 251 Å². The third kappa shape index (κ3) is 6.90. The van der Waals surface area contributed by atoms with Crippen molar-refractivity contribution in [2.75, 3.05) is 31.2 Å². The van der Waals surface area contributed by atoms with Gasteiger partial charge in [-0.15, -0.1) is 0 Å². The van der Waals surface area contributed by atoms with E-state index in [0.717, 1.165) is 56.3 Å². The smallest absolute Gasteiger partial charge is 0.251 e. The fraction of sp³-hybridized carbons (Fsp3) is 0.452. The molecule has 1 aliphatic heterocycles. The maximum Gasteiger partial charge on any atom is 0.251 e. The van der Waals surface area contributed by atoms with Crippen molar-refractivity contribution >= 4 is 34.6 Å². The number of nitrogens with two attached hydrogens (primary N) is 1. The minimum Gasteiger partial charge on any atom is -0.507 e. The summed E-state index contributed by atoms with van der Waals surface area (Å²) in [5, 5.41) is 21.9. The second-order valence-corrected chi connectivity index (χ2v) is 11.3. The van der Waals surface area contributed by atoms with Gasteiger partial charge >= 0.3 is 0 Å². The topological polar surface area (TPSA) is 161 Å². The Bertz CT molecular complexity index is 1520. The van der Waals surface area contributed by atoms with Gasteiger partial charge in [0.25, 0.3) is 5.91 Å². The molecule has 3 heterocycles. The van der Waals surface area contributed by atoms with Crippen LogP contribution in [0.1, 0.15) is 56.6 Å². The molecule has 5 N–H and O–H groups in total. The number of allylic oxidation sites excluding steroid dienone is 1. The molecule has 0 unspecified atom stereocenters. The van der Waals surface area contributed by atoms with Gasteiger partial charge in [0, 0.05) is 37.3 Å². The van der Waals surface area contributed by atoms with Crippen molar-refractivity contribution in [1.29, 1.82) is 0 Å². The first-order chi connectivity index (χ1) is 20.7. The van der Waals surface area contributed by atoms with E-state index in [2.05, 4.69) is 39.2 Å². The SMILES string of the molecule is C=C1C=CC(=O)N1CC1CCC(C(=O)NCc2cc(O)c(Cn3cc4nc(N)nc(NCCCC)c4n3)c(OC)c2)CC1. The number of nitrogens with zero attached hydrogens (tertiary/aromatic N) is 5. The van der Waals surface area contributed by atoms with E-state index in [1.807, 2.05) is 6.07 Å². The van der Waals surface area contributed by atoms with E-state index >= 15 is 0 Å². The Morgan fingerprint density at radius 2 is 2.00 bits per heavy atom. The number of unbranched alkanes of at least 4 members (excludes halogenated alkanes) is 1. The number of amides is 2. The number of carbonyl (C=O) groups excluding carboxylic acids is 2. The van der Waals surface area contributed by atoms with Crippen LogP contribution in [-0.4, -0.2) is 61.8 Å². The first-order valence-corrected chi connectivity index (χ1v) is 14.8. The second kappa shape index (κ2) is 13.1. The molecule has 0 spiro atoms. The van der Waals surface area contributed by atoms with Gasteiger partial charge in [-0.05, 0) is 61.8 Å². The maximum absolute atomic E-state index is 13.0. The van der Waals surface area contributed by atoms with Crippen LogP contribution in [0, 0.1) is 11.8 Å². The van der Waals surface area contributed by atoms with Crippen LogP contribution in [0.15, 0.2) is 42.8 Å². The molecular weight excluding hydrogens is 548 g/mol. The molecule has 0 radical (unpaired) electrons. The number of benzene rings is 1. The Morgan fingerprint density at radius 1 is 1.21 bits per heavy atom.